The molecule has 110 valence electrons. The number of nitrogens with two attached hydrogens (primary N) is 2. The molecule has 2 amide bonds. The highest BCUT2D eigenvalue weighted by Crippen LogP contribution is 2.21. The summed E-state index contributed by atoms with van der Waals surface area (Å²) in [5.74, 6) is -1.75. The van der Waals surface area contributed by atoms with Crippen molar-refractivity contribution in [2.75, 3.05) is 5.32 Å². The Morgan fingerprint density at radius 1 is 1.40 bits per heavy atom. The van der Waals surface area contributed by atoms with Crippen LogP contribution in [0.15, 0.2) is 12.1 Å². The maximum Gasteiger partial charge on any atom is 0.248 e. The van der Waals surface area contributed by atoms with Gasteiger partial charge in [-0.3, -0.25) is 9.59 Å². The second-order valence-corrected chi connectivity index (χ2v) is 4.73. The molecular formula is C14H20FN3O2. The Morgan fingerprint density at radius 2 is 2.05 bits per heavy atom. The highest BCUT2D eigenvalue weighted by Gasteiger charge is 2.16. The maximum absolute atomic E-state index is 13.7. The highest BCUT2D eigenvalue weighted by atomic mass is 19.1. The van der Waals surface area contributed by atoms with Gasteiger partial charge in [-0.05, 0) is 25.5 Å². The Bertz CT molecular complexity index is 517. The molecule has 0 unspecified atom stereocenters. The van der Waals surface area contributed by atoms with Gasteiger partial charge in [-0.2, -0.15) is 0 Å². The molecule has 5 nitrogen and oxygen atoms in total. The number of halogens is 1. The van der Waals surface area contributed by atoms with Crippen LogP contribution in [0.25, 0.3) is 0 Å². The molecule has 0 radical (unpaired) electrons. The van der Waals surface area contributed by atoms with Gasteiger partial charge in [0, 0.05) is 16.8 Å². The van der Waals surface area contributed by atoms with Crippen LogP contribution in [0.3, 0.4) is 0 Å². The van der Waals surface area contributed by atoms with E-state index in [4.69, 9.17) is 11.5 Å². The molecule has 1 aromatic rings. The lowest BCUT2D eigenvalue weighted by Gasteiger charge is -2.14. The molecule has 0 spiro atoms. The minimum absolute atomic E-state index is 0.00512. The predicted molar refractivity (Wildman–Crippen MR) is 75.8 cm³/mol. The summed E-state index contributed by atoms with van der Waals surface area (Å²) in [6, 6.07) is 1.74. The van der Waals surface area contributed by atoms with Crippen molar-refractivity contribution >= 4 is 17.5 Å². The number of unbranched alkanes of at least 4 members (excludes halogenated alkanes) is 1. The number of carbonyl (C=O) groups is 2. The first-order chi connectivity index (χ1) is 9.36. The topological polar surface area (TPSA) is 98.2 Å². The zero-order chi connectivity index (χ0) is 15.3. The molecule has 1 atom stereocenters. The predicted octanol–water partition coefficient (Wildman–Crippen LogP) is 1.69. The zero-order valence-corrected chi connectivity index (χ0v) is 11.7. The quantitative estimate of drug-likeness (QED) is 0.740. The number of hydrogen-bond acceptors (Lipinski definition) is 3. The van der Waals surface area contributed by atoms with Crippen molar-refractivity contribution in [1.29, 1.82) is 0 Å². The van der Waals surface area contributed by atoms with Gasteiger partial charge in [-0.1, -0.05) is 19.8 Å². The zero-order valence-electron chi connectivity index (χ0n) is 11.7. The molecule has 0 fully saturated rings. The molecule has 0 aliphatic heterocycles. The number of nitrogens with one attached hydrogen (secondary N) is 1. The van der Waals surface area contributed by atoms with Gasteiger partial charge in [-0.25, -0.2) is 4.39 Å². The van der Waals surface area contributed by atoms with E-state index < -0.39 is 23.7 Å². The number of hydrogen-bond donors (Lipinski definition) is 3. The van der Waals surface area contributed by atoms with E-state index in [1.165, 1.54) is 13.0 Å². The van der Waals surface area contributed by atoms with Crippen molar-refractivity contribution in [3.8, 4) is 0 Å². The van der Waals surface area contributed by atoms with Crippen LogP contribution in [0, 0.1) is 12.7 Å². The summed E-state index contributed by atoms with van der Waals surface area (Å²) < 4.78 is 13.7. The van der Waals surface area contributed by atoms with Crippen LogP contribution in [0.4, 0.5) is 10.1 Å². The van der Waals surface area contributed by atoms with E-state index >= 15 is 0 Å². The molecule has 0 aliphatic rings. The Balaban J connectivity index is 2.91. The number of rotatable bonds is 6. The highest BCUT2D eigenvalue weighted by molar-refractivity contribution is 5.98. The van der Waals surface area contributed by atoms with Crippen LogP contribution in [0.5, 0.6) is 0 Å². The third-order valence-corrected chi connectivity index (χ3v) is 3.09. The lowest BCUT2D eigenvalue weighted by atomic mass is 10.1. The van der Waals surface area contributed by atoms with Gasteiger partial charge in [0.15, 0.2) is 0 Å². The fourth-order valence-electron chi connectivity index (χ4n) is 1.73. The average Bonchev–Trinajstić information content (AvgIpc) is 2.40. The summed E-state index contributed by atoms with van der Waals surface area (Å²) in [4.78, 5) is 23.0. The Labute approximate surface area is 117 Å². The third kappa shape index (κ3) is 4.03. The standard InChI is InChI=1S/C14H20FN3O2/c1-3-4-5-11(16)14(20)18-12-7-9(13(17)19)6-10(15)8(12)2/h6-7,11H,3-5,16H2,1-2H3,(H2,17,19)(H,18,20)/t11-/m0/s1. The van der Waals surface area contributed by atoms with E-state index in [0.717, 1.165) is 18.9 Å². The van der Waals surface area contributed by atoms with Crippen LogP contribution in [0.2, 0.25) is 0 Å². The molecule has 1 aromatic carbocycles. The van der Waals surface area contributed by atoms with Gasteiger partial charge in [0.05, 0.1) is 6.04 Å². The first-order valence-corrected chi connectivity index (χ1v) is 6.53. The van der Waals surface area contributed by atoms with Crippen LogP contribution in [-0.4, -0.2) is 17.9 Å². The number of carbonyl (C=O) groups excluding carboxylic acids is 2. The summed E-state index contributed by atoms with van der Waals surface area (Å²) in [6.45, 7) is 3.51. The first-order valence-electron chi connectivity index (χ1n) is 6.53. The van der Waals surface area contributed by atoms with Gasteiger partial charge in [0.25, 0.3) is 0 Å². The van der Waals surface area contributed by atoms with Gasteiger partial charge in [0.2, 0.25) is 11.8 Å². The molecule has 5 N–H and O–H groups in total. The van der Waals surface area contributed by atoms with Crippen molar-refractivity contribution in [3.05, 3.63) is 29.1 Å². The third-order valence-electron chi connectivity index (χ3n) is 3.09. The molecule has 0 aliphatic carbocycles. The van der Waals surface area contributed by atoms with E-state index in [0.29, 0.717) is 6.42 Å². The van der Waals surface area contributed by atoms with E-state index in [1.807, 2.05) is 6.92 Å². The molecule has 1 rings (SSSR count). The molecular weight excluding hydrogens is 261 g/mol. The van der Waals surface area contributed by atoms with Gasteiger partial charge in [0.1, 0.15) is 5.82 Å². The second kappa shape index (κ2) is 7.00. The van der Waals surface area contributed by atoms with Crippen LogP contribution < -0.4 is 16.8 Å². The van der Waals surface area contributed by atoms with E-state index in [9.17, 15) is 14.0 Å². The monoisotopic (exact) mass is 281 g/mol. The molecule has 20 heavy (non-hydrogen) atoms. The average molecular weight is 281 g/mol. The van der Waals surface area contributed by atoms with Crippen molar-refractivity contribution < 1.29 is 14.0 Å². The summed E-state index contributed by atoms with van der Waals surface area (Å²) in [7, 11) is 0. The number of benzene rings is 1. The molecule has 6 heteroatoms. The number of primary amides is 1. The first kappa shape index (κ1) is 16.1. The SMILES string of the molecule is CCCC[C@H](N)C(=O)Nc1cc(C(N)=O)cc(F)c1C. The Kier molecular flexibility index (Phi) is 5.64. The lowest BCUT2D eigenvalue weighted by Crippen LogP contribution is -2.35. The van der Waals surface area contributed by atoms with Gasteiger partial charge < -0.3 is 16.8 Å². The minimum Gasteiger partial charge on any atom is -0.366 e. The minimum atomic E-state index is -0.755. The molecule has 0 saturated heterocycles. The summed E-state index contributed by atoms with van der Waals surface area (Å²) in [6.07, 6.45) is 2.33. The summed E-state index contributed by atoms with van der Waals surface area (Å²) in [5, 5.41) is 2.54. The summed E-state index contributed by atoms with van der Waals surface area (Å²) >= 11 is 0. The fraction of sp³-hybridized carbons (Fsp3) is 0.429. The largest absolute Gasteiger partial charge is 0.366 e. The van der Waals surface area contributed by atoms with Crippen molar-refractivity contribution in [2.45, 2.75) is 39.2 Å². The van der Waals surface area contributed by atoms with E-state index in [2.05, 4.69) is 5.32 Å². The van der Waals surface area contributed by atoms with Crippen molar-refractivity contribution in [1.82, 2.24) is 0 Å². The Morgan fingerprint density at radius 3 is 2.60 bits per heavy atom. The molecule has 0 bridgehead atoms. The smallest absolute Gasteiger partial charge is 0.248 e. The molecule has 0 aromatic heterocycles. The number of amides is 2. The van der Waals surface area contributed by atoms with E-state index in [1.54, 1.807) is 0 Å². The van der Waals surface area contributed by atoms with E-state index in [-0.39, 0.29) is 16.8 Å². The van der Waals surface area contributed by atoms with Crippen molar-refractivity contribution in [2.24, 2.45) is 11.5 Å². The molecule has 0 heterocycles. The fourth-order valence-corrected chi connectivity index (χ4v) is 1.73. The number of anilines is 1. The normalized spacial score (nSPS) is 12.0. The summed E-state index contributed by atoms with van der Waals surface area (Å²) in [5.41, 5.74) is 11.3. The van der Waals surface area contributed by atoms with Crippen molar-refractivity contribution in [3.63, 3.8) is 0 Å². The Hall–Kier alpha value is -1.95. The lowest BCUT2D eigenvalue weighted by molar-refractivity contribution is -0.117. The van der Waals surface area contributed by atoms with Gasteiger partial charge >= 0.3 is 0 Å². The molecule has 0 saturated carbocycles. The van der Waals surface area contributed by atoms with Crippen LogP contribution >= 0.6 is 0 Å². The second-order valence-electron chi connectivity index (χ2n) is 4.73. The maximum atomic E-state index is 13.7. The van der Waals surface area contributed by atoms with Crippen LogP contribution in [0.1, 0.15) is 42.1 Å². The van der Waals surface area contributed by atoms with Crippen LogP contribution in [-0.2, 0) is 4.79 Å². The van der Waals surface area contributed by atoms with Gasteiger partial charge in [-0.15, -0.1) is 0 Å².